The Kier molecular flexibility index (Phi) is 4.29. The SMILES string of the molecule is C[Si](C)(C)C#Cc1ccc(C23OCC(c4ccccc4)(CO2)CO3)cc1. The Morgan fingerprint density at radius 3 is 1.88 bits per heavy atom. The number of rotatable bonds is 2. The second-order valence-corrected chi connectivity index (χ2v) is 12.9. The van der Waals surface area contributed by atoms with Crippen molar-refractivity contribution in [3.8, 4) is 11.5 Å². The van der Waals surface area contributed by atoms with E-state index >= 15 is 0 Å². The van der Waals surface area contributed by atoms with Crippen molar-refractivity contribution in [2.24, 2.45) is 0 Å². The molecule has 0 amide bonds. The summed E-state index contributed by atoms with van der Waals surface area (Å²) in [6, 6.07) is 18.3. The van der Waals surface area contributed by atoms with Gasteiger partial charge in [0.2, 0.25) is 0 Å². The van der Waals surface area contributed by atoms with Crippen LogP contribution in [0, 0.1) is 11.5 Å². The summed E-state index contributed by atoms with van der Waals surface area (Å²) in [7, 11) is -1.38. The standard InChI is InChI=1S/C22H24O3Si/c1-26(2,3)14-13-18-9-11-20(12-10-18)22-23-15-21(16-24-22,17-25-22)19-7-5-4-6-8-19/h4-12H,15-17H2,1-3H3. The number of hydrogen-bond acceptors (Lipinski definition) is 3. The van der Waals surface area contributed by atoms with Crippen LogP contribution in [0.4, 0.5) is 0 Å². The molecule has 2 aromatic rings. The van der Waals surface area contributed by atoms with Gasteiger partial charge in [0.15, 0.2) is 0 Å². The molecule has 0 spiro atoms. The van der Waals surface area contributed by atoms with Crippen LogP contribution in [0.5, 0.6) is 0 Å². The van der Waals surface area contributed by atoms with E-state index in [4.69, 9.17) is 14.2 Å². The average molecular weight is 365 g/mol. The fourth-order valence-electron chi connectivity index (χ4n) is 3.26. The molecule has 0 aliphatic carbocycles. The van der Waals surface area contributed by atoms with Crippen molar-refractivity contribution in [3.05, 3.63) is 71.3 Å². The van der Waals surface area contributed by atoms with Gasteiger partial charge in [0.1, 0.15) is 8.07 Å². The van der Waals surface area contributed by atoms with Crippen molar-refractivity contribution in [3.63, 3.8) is 0 Å². The Hall–Kier alpha value is -1.90. The van der Waals surface area contributed by atoms with Gasteiger partial charge in [-0.1, -0.05) is 55.9 Å². The average Bonchev–Trinajstić information content (AvgIpc) is 2.68. The van der Waals surface area contributed by atoms with Gasteiger partial charge < -0.3 is 14.2 Å². The predicted molar refractivity (Wildman–Crippen MR) is 104 cm³/mol. The monoisotopic (exact) mass is 364 g/mol. The zero-order valence-corrected chi connectivity index (χ0v) is 16.5. The Balaban J connectivity index is 1.53. The number of benzene rings is 2. The maximum Gasteiger partial charge on any atom is 0.312 e. The second-order valence-electron chi connectivity index (χ2n) is 8.15. The van der Waals surface area contributed by atoms with Gasteiger partial charge in [0.05, 0.1) is 25.2 Å². The molecule has 0 N–H and O–H groups in total. The normalized spacial score (nSPS) is 27.7. The molecule has 3 aliphatic rings. The van der Waals surface area contributed by atoms with Crippen molar-refractivity contribution in [2.45, 2.75) is 31.0 Å². The van der Waals surface area contributed by atoms with Crippen LogP contribution < -0.4 is 0 Å². The first-order valence-electron chi connectivity index (χ1n) is 9.02. The molecule has 3 fully saturated rings. The third-order valence-corrected chi connectivity index (χ3v) is 5.70. The van der Waals surface area contributed by atoms with E-state index in [0.717, 1.165) is 11.1 Å². The Morgan fingerprint density at radius 1 is 0.769 bits per heavy atom. The highest BCUT2D eigenvalue weighted by Gasteiger charge is 2.54. The van der Waals surface area contributed by atoms with Crippen LogP contribution in [0.15, 0.2) is 54.6 Å². The van der Waals surface area contributed by atoms with Crippen LogP contribution >= 0.6 is 0 Å². The molecule has 3 aliphatic heterocycles. The minimum Gasteiger partial charge on any atom is -0.322 e. The number of hydrogen-bond donors (Lipinski definition) is 0. The first-order chi connectivity index (χ1) is 12.4. The highest BCUT2D eigenvalue weighted by atomic mass is 28.3. The van der Waals surface area contributed by atoms with Gasteiger partial charge in [-0.3, -0.25) is 0 Å². The van der Waals surface area contributed by atoms with E-state index in [-0.39, 0.29) is 5.41 Å². The van der Waals surface area contributed by atoms with E-state index in [1.165, 1.54) is 5.56 Å². The van der Waals surface area contributed by atoms with Gasteiger partial charge in [-0.05, 0) is 29.8 Å². The van der Waals surface area contributed by atoms with Crippen molar-refractivity contribution in [1.29, 1.82) is 0 Å². The largest absolute Gasteiger partial charge is 0.322 e. The molecule has 0 unspecified atom stereocenters. The summed E-state index contributed by atoms with van der Waals surface area (Å²) in [5.74, 6) is 2.19. The lowest BCUT2D eigenvalue weighted by Gasteiger charge is -2.52. The van der Waals surface area contributed by atoms with Crippen LogP contribution in [-0.4, -0.2) is 27.9 Å². The van der Waals surface area contributed by atoms with Crippen molar-refractivity contribution >= 4 is 8.07 Å². The first-order valence-corrected chi connectivity index (χ1v) is 12.5. The third-order valence-electron chi connectivity index (χ3n) is 4.82. The molecule has 3 saturated heterocycles. The molecular formula is C22H24O3Si. The number of ether oxygens (including phenoxy) is 3. The summed E-state index contributed by atoms with van der Waals surface area (Å²) < 4.78 is 18.3. The van der Waals surface area contributed by atoms with Gasteiger partial charge in [-0.2, -0.15) is 0 Å². The van der Waals surface area contributed by atoms with Crippen LogP contribution in [0.2, 0.25) is 19.6 Å². The summed E-state index contributed by atoms with van der Waals surface area (Å²) in [6.07, 6.45) is 0. The highest BCUT2D eigenvalue weighted by molar-refractivity contribution is 6.83. The minimum absolute atomic E-state index is 0.217. The van der Waals surface area contributed by atoms with Gasteiger partial charge in [-0.15, -0.1) is 5.54 Å². The van der Waals surface area contributed by atoms with Gasteiger partial charge in [-0.25, -0.2) is 0 Å². The summed E-state index contributed by atoms with van der Waals surface area (Å²) in [5.41, 5.74) is 6.27. The molecule has 0 saturated carbocycles. The maximum absolute atomic E-state index is 6.09. The smallest absolute Gasteiger partial charge is 0.312 e. The quantitative estimate of drug-likeness (QED) is 0.595. The lowest BCUT2D eigenvalue weighted by Crippen LogP contribution is -2.60. The molecule has 3 heterocycles. The minimum atomic E-state index is -1.38. The zero-order valence-electron chi connectivity index (χ0n) is 15.5. The fourth-order valence-corrected chi connectivity index (χ4v) is 3.78. The molecule has 134 valence electrons. The van der Waals surface area contributed by atoms with E-state index in [9.17, 15) is 0 Å². The first kappa shape index (κ1) is 17.5. The molecule has 2 bridgehead atoms. The van der Waals surface area contributed by atoms with Gasteiger partial charge in [0.25, 0.3) is 0 Å². The van der Waals surface area contributed by atoms with Crippen molar-refractivity contribution < 1.29 is 14.2 Å². The van der Waals surface area contributed by atoms with Crippen LogP contribution in [-0.2, 0) is 25.6 Å². The summed E-state index contributed by atoms with van der Waals surface area (Å²) in [5, 5.41) is 0. The molecule has 3 nitrogen and oxygen atoms in total. The molecule has 26 heavy (non-hydrogen) atoms. The number of fused-ring (bicyclic) bond motifs is 3. The zero-order chi connectivity index (χ0) is 18.3. The van der Waals surface area contributed by atoms with Gasteiger partial charge >= 0.3 is 5.97 Å². The third kappa shape index (κ3) is 3.24. The van der Waals surface area contributed by atoms with Crippen LogP contribution in [0.25, 0.3) is 0 Å². The predicted octanol–water partition coefficient (Wildman–Crippen LogP) is 4.04. The van der Waals surface area contributed by atoms with E-state index in [2.05, 4.69) is 43.2 Å². The Labute approximate surface area is 156 Å². The Bertz CT molecular complexity index is 816. The molecule has 0 atom stereocenters. The molecule has 2 aromatic carbocycles. The van der Waals surface area contributed by atoms with Crippen LogP contribution in [0.3, 0.4) is 0 Å². The lowest BCUT2D eigenvalue weighted by atomic mass is 9.81. The molecule has 4 heteroatoms. The summed E-state index contributed by atoms with van der Waals surface area (Å²) in [4.78, 5) is 0. The van der Waals surface area contributed by atoms with E-state index in [0.29, 0.717) is 19.8 Å². The molecule has 5 rings (SSSR count). The fraction of sp³-hybridized carbons (Fsp3) is 0.364. The van der Waals surface area contributed by atoms with Crippen molar-refractivity contribution in [2.75, 3.05) is 19.8 Å². The summed E-state index contributed by atoms with van der Waals surface area (Å²) >= 11 is 0. The second kappa shape index (κ2) is 6.36. The van der Waals surface area contributed by atoms with E-state index in [1.807, 2.05) is 42.5 Å². The summed E-state index contributed by atoms with van der Waals surface area (Å²) in [6.45, 7) is 8.50. The van der Waals surface area contributed by atoms with Crippen LogP contribution in [0.1, 0.15) is 16.7 Å². The Morgan fingerprint density at radius 2 is 1.35 bits per heavy atom. The molecular weight excluding hydrogens is 340 g/mol. The highest BCUT2D eigenvalue weighted by Crippen LogP contribution is 2.45. The van der Waals surface area contributed by atoms with E-state index < -0.39 is 14.0 Å². The lowest BCUT2D eigenvalue weighted by molar-refractivity contribution is -0.466. The molecule has 0 aromatic heterocycles. The van der Waals surface area contributed by atoms with Crippen molar-refractivity contribution in [1.82, 2.24) is 0 Å². The van der Waals surface area contributed by atoms with Gasteiger partial charge in [0, 0.05) is 11.1 Å². The maximum atomic E-state index is 6.09. The molecule has 0 radical (unpaired) electrons. The van der Waals surface area contributed by atoms with E-state index in [1.54, 1.807) is 0 Å². The topological polar surface area (TPSA) is 27.7 Å².